The predicted octanol–water partition coefficient (Wildman–Crippen LogP) is 1.97. The lowest BCUT2D eigenvalue weighted by Gasteiger charge is -2.29. The van der Waals surface area contributed by atoms with Crippen LogP contribution >= 0.6 is 0 Å². The van der Waals surface area contributed by atoms with E-state index in [2.05, 4.69) is 17.9 Å². The Bertz CT molecular complexity index is 297. The fourth-order valence-corrected chi connectivity index (χ4v) is 1.59. The number of hydrogen-bond acceptors (Lipinski definition) is 3. The highest BCUT2D eigenvalue weighted by atomic mass is 16.5. The highest BCUT2D eigenvalue weighted by Crippen LogP contribution is 2.12. The molecule has 3 nitrogen and oxygen atoms in total. The van der Waals surface area contributed by atoms with Gasteiger partial charge in [-0.3, -0.25) is 0 Å². The second-order valence-electron chi connectivity index (χ2n) is 3.40. The van der Waals surface area contributed by atoms with Crippen molar-refractivity contribution in [2.45, 2.75) is 6.92 Å². The molecule has 0 bridgehead atoms. The van der Waals surface area contributed by atoms with Gasteiger partial charge in [0.05, 0.1) is 19.5 Å². The van der Waals surface area contributed by atoms with E-state index >= 15 is 0 Å². The third-order valence-corrected chi connectivity index (χ3v) is 2.40. The predicted molar refractivity (Wildman–Crippen MR) is 54.8 cm³/mol. The van der Waals surface area contributed by atoms with Gasteiger partial charge < -0.3 is 14.1 Å². The summed E-state index contributed by atoms with van der Waals surface area (Å²) in [5.74, 6) is 0.911. The van der Waals surface area contributed by atoms with E-state index < -0.39 is 0 Å². The van der Waals surface area contributed by atoms with Crippen molar-refractivity contribution in [3.63, 3.8) is 0 Å². The van der Waals surface area contributed by atoms with Crippen molar-refractivity contribution >= 4 is 6.08 Å². The molecule has 1 saturated heterocycles. The van der Waals surface area contributed by atoms with E-state index in [9.17, 15) is 0 Å². The molecule has 14 heavy (non-hydrogen) atoms. The molecule has 1 fully saturated rings. The molecule has 2 rings (SSSR count). The molecule has 1 aliphatic rings. The summed E-state index contributed by atoms with van der Waals surface area (Å²) < 4.78 is 10.6. The number of rotatable bonds is 2. The summed E-state index contributed by atoms with van der Waals surface area (Å²) in [4.78, 5) is 2.31. The van der Waals surface area contributed by atoms with Gasteiger partial charge in [-0.05, 0) is 25.1 Å². The molecular weight excluding hydrogens is 178 g/mol. The lowest BCUT2D eigenvalue weighted by atomic mass is 10.3. The Hall–Kier alpha value is -1.22. The van der Waals surface area contributed by atoms with Gasteiger partial charge in [-0.25, -0.2) is 0 Å². The first-order chi connectivity index (χ1) is 6.86. The van der Waals surface area contributed by atoms with E-state index in [1.165, 1.54) is 5.70 Å². The molecular formula is C11H15NO2. The molecule has 1 aromatic rings. The fourth-order valence-electron chi connectivity index (χ4n) is 1.59. The third-order valence-electron chi connectivity index (χ3n) is 2.40. The Kier molecular flexibility index (Phi) is 2.89. The number of nitrogens with zero attached hydrogens (tertiary/aromatic N) is 1. The Morgan fingerprint density at radius 3 is 2.86 bits per heavy atom. The van der Waals surface area contributed by atoms with Crippen LogP contribution in [0.15, 0.2) is 28.5 Å². The zero-order valence-electron chi connectivity index (χ0n) is 8.40. The minimum Gasteiger partial charge on any atom is -0.465 e. The van der Waals surface area contributed by atoms with Crippen LogP contribution in [-0.4, -0.2) is 31.2 Å². The van der Waals surface area contributed by atoms with Crippen LogP contribution in [0.25, 0.3) is 6.08 Å². The molecule has 2 heterocycles. The van der Waals surface area contributed by atoms with Gasteiger partial charge in [-0.1, -0.05) is 0 Å². The Morgan fingerprint density at radius 1 is 1.43 bits per heavy atom. The first-order valence-electron chi connectivity index (χ1n) is 4.91. The quantitative estimate of drug-likeness (QED) is 0.718. The van der Waals surface area contributed by atoms with Crippen molar-refractivity contribution < 1.29 is 9.15 Å². The number of hydrogen-bond donors (Lipinski definition) is 0. The first kappa shape index (κ1) is 9.34. The standard InChI is InChI=1S/C11H15NO2/c1-10(9-11-3-2-6-14-11)12-4-7-13-8-5-12/h2-3,6,9H,4-5,7-8H2,1H3. The molecule has 0 saturated carbocycles. The topological polar surface area (TPSA) is 25.6 Å². The van der Waals surface area contributed by atoms with Gasteiger partial charge in [0.1, 0.15) is 5.76 Å². The minimum atomic E-state index is 0.823. The summed E-state index contributed by atoms with van der Waals surface area (Å²) >= 11 is 0. The van der Waals surface area contributed by atoms with Gasteiger partial charge in [0.2, 0.25) is 0 Å². The van der Waals surface area contributed by atoms with Crippen molar-refractivity contribution in [3.05, 3.63) is 29.9 Å². The number of furan rings is 1. The second-order valence-corrected chi connectivity index (χ2v) is 3.40. The number of morpholine rings is 1. The van der Waals surface area contributed by atoms with Crippen LogP contribution in [0.1, 0.15) is 12.7 Å². The largest absolute Gasteiger partial charge is 0.465 e. The molecule has 1 aliphatic heterocycles. The maximum absolute atomic E-state index is 5.29. The summed E-state index contributed by atoms with van der Waals surface area (Å²) in [6.45, 7) is 5.70. The Balaban J connectivity index is 2.02. The van der Waals surface area contributed by atoms with Crippen LogP contribution in [0.5, 0.6) is 0 Å². The van der Waals surface area contributed by atoms with E-state index in [0.717, 1.165) is 32.1 Å². The molecule has 0 N–H and O–H groups in total. The van der Waals surface area contributed by atoms with Crippen molar-refractivity contribution in [2.24, 2.45) is 0 Å². The van der Waals surface area contributed by atoms with Crippen LogP contribution in [-0.2, 0) is 4.74 Å². The monoisotopic (exact) mass is 193 g/mol. The molecule has 0 atom stereocenters. The average molecular weight is 193 g/mol. The second kappa shape index (κ2) is 4.33. The summed E-state index contributed by atoms with van der Waals surface area (Å²) in [5, 5.41) is 0. The number of ether oxygens (including phenoxy) is 1. The molecule has 1 aromatic heterocycles. The molecule has 0 aliphatic carbocycles. The van der Waals surface area contributed by atoms with E-state index in [4.69, 9.17) is 9.15 Å². The first-order valence-corrected chi connectivity index (χ1v) is 4.91. The van der Waals surface area contributed by atoms with Crippen LogP contribution in [0.4, 0.5) is 0 Å². The van der Waals surface area contributed by atoms with E-state index in [0.29, 0.717) is 0 Å². The highest BCUT2D eigenvalue weighted by Gasteiger charge is 2.10. The van der Waals surface area contributed by atoms with Crippen molar-refractivity contribution in [2.75, 3.05) is 26.3 Å². The maximum atomic E-state index is 5.29. The molecule has 76 valence electrons. The molecule has 0 spiro atoms. The van der Waals surface area contributed by atoms with Gasteiger partial charge in [0, 0.05) is 18.8 Å². The number of allylic oxidation sites excluding steroid dienone is 1. The Labute approximate surface area is 84.0 Å². The van der Waals surface area contributed by atoms with E-state index in [-0.39, 0.29) is 0 Å². The maximum Gasteiger partial charge on any atom is 0.128 e. The zero-order chi connectivity index (χ0) is 9.80. The van der Waals surface area contributed by atoms with Crippen molar-refractivity contribution in [1.29, 1.82) is 0 Å². The molecule has 0 aromatic carbocycles. The summed E-state index contributed by atoms with van der Waals surface area (Å²) in [7, 11) is 0. The van der Waals surface area contributed by atoms with Gasteiger partial charge in [0.25, 0.3) is 0 Å². The Morgan fingerprint density at radius 2 is 2.21 bits per heavy atom. The van der Waals surface area contributed by atoms with E-state index in [1.807, 2.05) is 12.1 Å². The van der Waals surface area contributed by atoms with Gasteiger partial charge in [0.15, 0.2) is 0 Å². The summed E-state index contributed by atoms with van der Waals surface area (Å²) in [6.07, 6.45) is 3.75. The molecule has 0 unspecified atom stereocenters. The van der Waals surface area contributed by atoms with Gasteiger partial charge in [-0.2, -0.15) is 0 Å². The van der Waals surface area contributed by atoms with Gasteiger partial charge in [-0.15, -0.1) is 0 Å². The minimum absolute atomic E-state index is 0.823. The van der Waals surface area contributed by atoms with E-state index in [1.54, 1.807) is 6.26 Å². The van der Waals surface area contributed by atoms with Crippen LogP contribution in [0.3, 0.4) is 0 Å². The summed E-state index contributed by atoms with van der Waals surface area (Å²) in [5.41, 5.74) is 1.24. The molecule has 0 radical (unpaired) electrons. The van der Waals surface area contributed by atoms with Gasteiger partial charge >= 0.3 is 0 Å². The van der Waals surface area contributed by atoms with Crippen LogP contribution < -0.4 is 0 Å². The highest BCUT2D eigenvalue weighted by molar-refractivity contribution is 5.45. The zero-order valence-corrected chi connectivity index (χ0v) is 8.40. The molecule has 0 amide bonds. The van der Waals surface area contributed by atoms with Crippen LogP contribution in [0, 0.1) is 0 Å². The fraction of sp³-hybridized carbons (Fsp3) is 0.455. The lowest BCUT2D eigenvalue weighted by Crippen LogP contribution is -2.34. The third kappa shape index (κ3) is 2.17. The van der Waals surface area contributed by atoms with Crippen LogP contribution in [0.2, 0.25) is 0 Å². The normalized spacial score (nSPS) is 18.6. The molecule has 3 heteroatoms. The van der Waals surface area contributed by atoms with Crippen molar-refractivity contribution in [3.8, 4) is 0 Å². The smallest absolute Gasteiger partial charge is 0.128 e. The summed E-state index contributed by atoms with van der Waals surface area (Å²) in [6, 6.07) is 3.86. The average Bonchev–Trinajstić information content (AvgIpc) is 2.72. The lowest BCUT2D eigenvalue weighted by molar-refractivity contribution is 0.0542. The SMILES string of the molecule is CC(=Cc1ccco1)N1CCOCC1. The van der Waals surface area contributed by atoms with Crippen molar-refractivity contribution in [1.82, 2.24) is 4.90 Å².